The van der Waals surface area contributed by atoms with Crippen molar-refractivity contribution in [3.05, 3.63) is 47.8 Å². The van der Waals surface area contributed by atoms with Crippen molar-refractivity contribution in [1.82, 2.24) is 15.5 Å². The lowest BCUT2D eigenvalue weighted by Gasteiger charge is -2.05. The van der Waals surface area contributed by atoms with Gasteiger partial charge in [-0.05, 0) is 23.8 Å². The Hall–Kier alpha value is -2.19. The van der Waals surface area contributed by atoms with Gasteiger partial charge in [-0.25, -0.2) is 13.6 Å². The number of primary sulfonamides is 1. The van der Waals surface area contributed by atoms with Crippen molar-refractivity contribution in [3.8, 4) is 0 Å². The van der Waals surface area contributed by atoms with Crippen molar-refractivity contribution in [2.45, 2.75) is 17.9 Å². The first kappa shape index (κ1) is 14.2. The molecule has 0 aliphatic carbocycles. The minimum Gasteiger partial charge on any atom is -0.352 e. The van der Waals surface area contributed by atoms with E-state index in [0.29, 0.717) is 6.54 Å². The van der Waals surface area contributed by atoms with Gasteiger partial charge in [0.2, 0.25) is 15.9 Å². The Morgan fingerprint density at radius 3 is 2.50 bits per heavy atom. The largest absolute Gasteiger partial charge is 0.352 e. The minimum absolute atomic E-state index is 0.0463. The monoisotopic (exact) mass is 294 g/mol. The third-order valence-electron chi connectivity index (χ3n) is 2.65. The standard InChI is InChI=1S/C12H14N4O3S/c13-20(18,19)11-3-1-9(2-4-11)8-14-12(17)7-10-5-6-15-16-10/h1-6H,7-8H2,(H,14,17)(H,15,16)(H2,13,18,19). The van der Waals surface area contributed by atoms with Gasteiger partial charge in [-0.15, -0.1) is 0 Å². The molecule has 0 saturated heterocycles. The van der Waals surface area contributed by atoms with Gasteiger partial charge in [0.25, 0.3) is 0 Å². The number of aromatic nitrogens is 2. The number of carbonyl (C=O) groups excluding carboxylic acids is 1. The molecule has 0 atom stereocenters. The number of hydrogen-bond donors (Lipinski definition) is 3. The molecule has 20 heavy (non-hydrogen) atoms. The molecule has 4 N–H and O–H groups in total. The molecule has 0 saturated carbocycles. The van der Waals surface area contributed by atoms with Gasteiger partial charge < -0.3 is 5.32 Å². The quantitative estimate of drug-likeness (QED) is 0.714. The zero-order chi connectivity index (χ0) is 14.6. The summed E-state index contributed by atoms with van der Waals surface area (Å²) in [5, 5.41) is 14.2. The minimum atomic E-state index is -3.68. The van der Waals surface area contributed by atoms with Crippen LogP contribution in [0.5, 0.6) is 0 Å². The van der Waals surface area contributed by atoms with E-state index in [2.05, 4.69) is 15.5 Å². The van der Waals surface area contributed by atoms with Gasteiger partial charge >= 0.3 is 0 Å². The Balaban J connectivity index is 1.89. The summed E-state index contributed by atoms with van der Waals surface area (Å²) in [6.45, 7) is 0.317. The van der Waals surface area contributed by atoms with Crippen molar-refractivity contribution < 1.29 is 13.2 Å². The predicted octanol–water partition coefficient (Wildman–Crippen LogP) is -0.0840. The fraction of sp³-hybridized carbons (Fsp3) is 0.167. The zero-order valence-electron chi connectivity index (χ0n) is 10.5. The Kier molecular flexibility index (Phi) is 4.16. The number of nitrogens with one attached hydrogen (secondary N) is 2. The van der Waals surface area contributed by atoms with Crippen molar-refractivity contribution in [2.75, 3.05) is 0 Å². The number of nitrogens with two attached hydrogens (primary N) is 1. The molecule has 0 unspecified atom stereocenters. The van der Waals surface area contributed by atoms with Crippen LogP contribution in [0, 0.1) is 0 Å². The van der Waals surface area contributed by atoms with E-state index in [1.165, 1.54) is 12.1 Å². The number of aromatic amines is 1. The lowest BCUT2D eigenvalue weighted by Crippen LogP contribution is -2.24. The zero-order valence-corrected chi connectivity index (χ0v) is 11.4. The second-order valence-corrected chi connectivity index (χ2v) is 5.79. The molecule has 0 spiro atoms. The van der Waals surface area contributed by atoms with E-state index in [-0.39, 0.29) is 17.2 Å². The van der Waals surface area contributed by atoms with E-state index in [1.807, 2.05) is 0 Å². The fourth-order valence-corrected chi connectivity index (χ4v) is 2.13. The molecular weight excluding hydrogens is 280 g/mol. The Bertz CT molecular complexity index is 678. The van der Waals surface area contributed by atoms with E-state index >= 15 is 0 Å². The highest BCUT2D eigenvalue weighted by Gasteiger charge is 2.07. The highest BCUT2D eigenvalue weighted by molar-refractivity contribution is 7.89. The SMILES string of the molecule is NS(=O)(=O)c1ccc(CNC(=O)Cc2ccn[nH]2)cc1. The molecule has 0 aliphatic rings. The second-order valence-electron chi connectivity index (χ2n) is 4.22. The maximum atomic E-state index is 11.6. The van der Waals surface area contributed by atoms with Crippen LogP contribution < -0.4 is 10.5 Å². The molecule has 1 heterocycles. The Morgan fingerprint density at radius 2 is 1.95 bits per heavy atom. The summed E-state index contributed by atoms with van der Waals surface area (Å²) in [6, 6.07) is 7.75. The number of benzene rings is 1. The van der Waals surface area contributed by atoms with Gasteiger partial charge in [0.05, 0.1) is 11.3 Å². The summed E-state index contributed by atoms with van der Waals surface area (Å²) in [5.74, 6) is -0.148. The highest BCUT2D eigenvalue weighted by atomic mass is 32.2. The van der Waals surface area contributed by atoms with Gasteiger partial charge in [0.15, 0.2) is 0 Å². The normalized spacial score (nSPS) is 11.2. The van der Waals surface area contributed by atoms with Gasteiger partial charge in [0.1, 0.15) is 0 Å². The molecule has 0 fully saturated rings. The van der Waals surface area contributed by atoms with Crippen molar-refractivity contribution in [1.29, 1.82) is 0 Å². The van der Waals surface area contributed by atoms with Crippen LogP contribution in [-0.4, -0.2) is 24.5 Å². The van der Waals surface area contributed by atoms with Crippen molar-refractivity contribution >= 4 is 15.9 Å². The number of carbonyl (C=O) groups is 1. The third kappa shape index (κ3) is 3.90. The lowest BCUT2D eigenvalue weighted by atomic mass is 10.2. The fourth-order valence-electron chi connectivity index (χ4n) is 1.62. The average Bonchev–Trinajstić information content (AvgIpc) is 2.88. The summed E-state index contributed by atoms with van der Waals surface area (Å²) < 4.78 is 22.2. The van der Waals surface area contributed by atoms with Crippen LogP contribution in [0.4, 0.5) is 0 Å². The van der Waals surface area contributed by atoms with Crippen LogP contribution in [0.15, 0.2) is 41.4 Å². The van der Waals surface area contributed by atoms with Crippen LogP contribution in [0.25, 0.3) is 0 Å². The first-order valence-electron chi connectivity index (χ1n) is 5.82. The molecule has 1 amide bonds. The number of nitrogens with zero attached hydrogens (tertiary/aromatic N) is 1. The molecule has 1 aromatic carbocycles. The lowest BCUT2D eigenvalue weighted by molar-refractivity contribution is -0.120. The molecule has 106 valence electrons. The first-order valence-corrected chi connectivity index (χ1v) is 7.36. The molecular formula is C12H14N4O3S. The number of hydrogen-bond acceptors (Lipinski definition) is 4. The van der Waals surface area contributed by atoms with E-state index in [0.717, 1.165) is 11.3 Å². The van der Waals surface area contributed by atoms with E-state index in [1.54, 1.807) is 24.4 Å². The van der Waals surface area contributed by atoms with Crippen molar-refractivity contribution in [2.24, 2.45) is 5.14 Å². The molecule has 0 aliphatic heterocycles. The molecule has 0 radical (unpaired) electrons. The van der Waals surface area contributed by atoms with Gasteiger partial charge in [-0.3, -0.25) is 9.89 Å². The average molecular weight is 294 g/mol. The van der Waals surface area contributed by atoms with Gasteiger partial charge in [-0.2, -0.15) is 5.10 Å². The van der Waals surface area contributed by atoms with Crippen LogP contribution in [0.1, 0.15) is 11.3 Å². The highest BCUT2D eigenvalue weighted by Crippen LogP contribution is 2.08. The summed E-state index contributed by atoms with van der Waals surface area (Å²) in [6.07, 6.45) is 1.80. The molecule has 1 aromatic heterocycles. The summed E-state index contributed by atoms with van der Waals surface area (Å²) in [7, 11) is -3.68. The van der Waals surface area contributed by atoms with E-state index in [4.69, 9.17) is 5.14 Å². The predicted molar refractivity (Wildman–Crippen MR) is 72.0 cm³/mol. The van der Waals surface area contributed by atoms with Crippen LogP contribution >= 0.6 is 0 Å². The second kappa shape index (κ2) is 5.85. The number of sulfonamides is 1. The molecule has 2 rings (SSSR count). The maximum absolute atomic E-state index is 11.6. The summed E-state index contributed by atoms with van der Waals surface area (Å²) in [5.41, 5.74) is 1.52. The number of H-pyrrole nitrogens is 1. The van der Waals surface area contributed by atoms with Gasteiger partial charge in [-0.1, -0.05) is 12.1 Å². The summed E-state index contributed by atoms with van der Waals surface area (Å²) >= 11 is 0. The third-order valence-corrected chi connectivity index (χ3v) is 3.58. The number of rotatable bonds is 5. The van der Waals surface area contributed by atoms with Crippen molar-refractivity contribution in [3.63, 3.8) is 0 Å². The molecule has 8 heteroatoms. The smallest absolute Gasteiger partial charge is 0.238 e. The van der Waals surface area contributed by atoms with E-state index < -0.39 is 10.0 Å². The Labute approximate surface area is 116 Å². The van der Waals surface area contributed by atoms with Crippen LogP contribution in [0.2, 0.25) is 0 Å². The number of amides is 1. The molecule has 7 nitrogen and oxygen atoms in total. The topological polar surface area (TPSA) is 118 Å². The first-order chi connectivity index (χ1) is 9.45. The maximum Gasteiger partial charge on any atom is 0.238 e. The summed E-state index contributed by atoms with van der Waals surface area (Å²) in [4.78, 5) is 11.7. The Morgan fingerprint density at radius 1 is 1.25 bits per heavy atom. The molecule has 0 bridgehead atoms. The van der Waals surface area contributed by atoms with Crippen LogP contribution in [0.3, 0.4) is 0 Å². The molecule has 2 aromatic rings. The van der Waals surface area contributed by atoms with Crippen LogP contribution in [-0.2, 0) is 27.8 Å². The van der Waals surface area contributed by atoms with E-state index in [9.17, 15) is 13.2 Å². The van der Waals surface area contributed by atoms with Gasteiger partial charge in [0, 0.05) is 18.4 Å².